The summed E-state index contributed by atoms with van der Waals surface area (Å²) in [4.78, 5) is 22.3. The second-order valence-corrected chi connectivity index (χ2v) is 5.17. The smallest absolute Gasteiger partial charge is 0.303 e. The normalized spacial score (nSPS) is 13.5. The van der Waals surface area contributed by atoms with Crippen molar-refractivity contribution in [3.63, 3.8) is 0 Å². The van der Waals surface area contributed by atoms with Gasteiger partial charge in [-0.2, -0.15) is 0 Å². The summed E-state index contributed by atoms with van der Waals surface area (Å²) >= 11 is 0. The first-order valence-corrected chi connectivity index (χ1v) is 6.75. The number of carbonyl (C=O) groups is 2. The Kier molecular flexibility index (Phi) is 6.03. The lowest BCUT2D eigenvalue weighted by Gasteiger charge is -2.16. The Morgan fingerprint density at radius 1 is 1.25 bits per heavy atom. The van der Waals surface area contributed by atoms with Crippen molar-refractivity contribution in [1.82, 2.24) is 5.32 Å². The van der Waals surface area contributed by atoms with Crippen LogP contribution in [0.1, 0.15) is 44.6 Å². The third-order valence-electron chi connectivity index (χ3n) is 3.20. The lowest BCUT2D eigenvalue weighted by atomic mass is 9.97. The SMILES string of the molecule is CC(CCC(=O)O)NC(=O)CC(C)c1ccc(N)cc1. The highest BCUT2D eigenvalue weighted by atomic mass is 16.4. The Morgan fingerprint density at radius 2 is 1.85 bits per heavy atom. The van der Waals surface area contributed by atoms with Crippen LogP contribution in [0.4, 0.5) is 5.69 Å². The molecule has 2 unspecified atom stereocenters. The van der Waals surface area contributed by atoms with Gasteiger partial charge in [0, 0.05) is 24.6 Å². The number of nitrogen functional groups attached to an aromatic ring is 1. The lowest BCUT2D eigenvalue weighted by molar-refractivity contribution is -0.137. The average Bonchev–Trinajstić information content (AvgIpc) is 2.36. The zero-order valence-corrected chi connectivity index (χ0v) is 11.9. The number of carboxylic acids is 1. The number of anilines is 1. The van der Waals surface area contributed by atoms with E-state index in [0.717, 1.165) is 5.56 Å². The summed E-state index contributed by atoms with van der Waals surface area (Å²) in [6.45, 7) is 3.79. The highest BCUT2D eigenvalue weighted by Gasteiger charge is 2.14. The van der Waals surface area contributed by atoms with E-state index in [-0.39, 0.29) is 24.3 Å². The number of rotatable bonds is 7. The number of benzene rings is 1. The highest BCUT2D eigenvalue weighted by Crippen LogP contribution is 2.20. The Labute approximate surface area is 119 Å². The zero-order chi connectivity index (χ0) is 15.1. The molecule has 0 radical (unpaired) electrons. The number of hydrogen-bond donors (Lipinski definition) is 3. The molecule has 5 nitrogen and oxygen atoms in total. The molecule has 0 saturated heterocycles. The molecule has 5 heteroatoms. The van der Waals surface area contributed by atoms with Crippen LogP contribution in [0.5, 0.6) is 0 Å². The van der Waals surface area contributed by atoms with E-state index in [0.29, 0.717) is 18.5 Å². The molecule has 110 valence electrons. The topological polar surface area (TPSA) is 92.4 Å². The predicted octanol–water partition coefficient (Wildman–Crippen LogP) is 2.13. The van der Waals surface area contributed by atoms with Gasteiger partial charge in [-0.3, -0.25) is 9.59 Å². The molecule has 0 bridgehead atoms. The van der Waals surface area contributed by atoms with Gasteiger partial charge in [0.2, 0.25) is 5.91 Å². The van der Waals surface area contributed by atoms with E-state index in [9.17, 15) is 9.59 Å². The molecule has 0 aliphatic heterocycles. The first-order valence-electron chi connectivity index (χ1n) is 6.75. The average molecular weight is 278 g/mol. The van der Waals surface area contributed by atoms with Crippen molar-refractivity contribution in [3.05, 3.63) is 29.8 Å². The van der Waals surface area contributed by atoms with Crippen LogP contribution in [-0.2, 0) is 9.59 Å². The van der Waals surface area contributed by atoms with Crippen LogP contribution in [0.2, 0.25) is 0 Å². The first kappa shape index (κ1) is 16.0. The van der Waals surface area contributed by atoms with Crippen molar-refractivity contribution in [1.29, 1.82) is 0 Å². The second-order valence-electron chi connectivity index (χ2n) is 5.17. The molecular formula is C15H22N2O3. The maximum Gasteiger partial charge on any atom is 0.303 e. The summed E-state index contributed by atoms with van der Waals surface area (Å²) in [5.41, 5.74) is 7.39. The largest absolute Gasteiger partial charge is 0.481 e. The minimum absolute atomic E-state index is 0.0628. The van der Waals surface area contributed by atoms with Gasteiger partial charge >= 0.3 is 5.97 Å². The van der Waals surface area contributed by atoms with E-state index >= 15 is 0 Å². The summed E-state index contributed by atoms with van der Waals surface area (Å²) in [6, 6.07) is 7.35. The lowest BCUT2D eigenvalue weighted by Crippen LogP contribution is -2.33. The molecule has 0 aromatic heterocycles. The molecule has 0 saturated carbocycles. The maximum absolute atomic E-state index is 11.9. The molecule has 20 heavy (non-hydrogen) atoms. The number of carboxylic acid groups (broad SMARTS) is 1. The van der Waals surface area contributed by atoms with Crippen molar-refractivity contribution in [2.45, 2.75) is 45.1 Å². The van der Waals surface area contributed by atoms with E-state index in [4.69, 9.17) is 10.8 Å². The van der Waals surface area contributed by atoms with Gasteiger partial charge in [0.1, 0.15) is 0 Å². The number of aliphatic carboxylic acids is 1. The van der Waals surface area contributed by atoms with Crippen LogP contribution < -0.4 is 11.1 Å². The van der Waals surface area contributed by atoms with Crippen molar-refractivity contribution in [2.24, 2.45) is 0 Å². The summed E-state index contributed by atoms with van der Waals surface area (Å²) in [7, 11) is 0. The molecular weight excluding hydrogens is 256 g/mol. The fourth-order valence-electron chi connectivity index (χ4n) is 1.97. The van der Waals surface area contributed by atoms with Crippen molar-refractivity contribution in [3.8, 4) is 0 Å². The zero-order valence-electron chi connectivity index (χ0n) is 11.9. The Hall–Kier alpha value is -2.04. The van der Waals surface area contributed by atoms with Crippen LogP contribution in [0, 0.1) is 0 Å². The van der Waals surface area contributed by atoms with Crippen molar-refractivity contribution >= 4 is 17.6 Å². The monoisotopic (exact) mass is 278 g/mol. The molecule has 1 amide bonds. The summed E-state index contributed by atoms with van der Waals surface area (Å²) < 4.78 is 0. The third kappa shape index (κ3) is 5.73. The van der Waals surface area contributed by atoms with E-state index < -0.39 is 5.97 Å². The second kappa shape index (κ2) is 7.53. The van der Waals surface area contributed by atoms with Gasteiger partial charge in [-0.05, 0) is 37.0 Å². The quantitative estimate of drug-likeness (QED) is 0.666. The minimum Gasteiger partial charge on any atom is -0.481 e. The molecule has 1 aromatic carbocycles. The molecule has 4 N–H and O–H groups in total. The van der Waals surface area contributed by atoms with Gasteiger partial charge in [-0.25, -0.2) is 0 Å². The van der Waals surface area contributed by atoms with Crippen LogP contribution in [0.25, 0.3) is 0 Å². The summed E-state index contributed by atoms with van der Waals surface area (Å²) in [6.07, 6.45) is 0.883. The van der Waals surface area contributed by atoms with Crippen LogP contribution >= 0.6 is 0 Å². The number of nitrogens with one attached hydrogen (secondary N) is 1. The van der Waals surface area contributed by atoms with E-state index in [2.05, 4.69) is 5.32 Å². The fourth-order valence-corrected chi connectivity index (χ4v) is 1.97. The number of amides is 1. The molecule has 0 fully saturated rings. The van der Waals surface area contributed by atoms with Gasteiger partial charge in [0.15, 0.2) is 0 Å². The molecule has 1 rings (SSSR count). The van der Waals surface area contributed by atoms with Crippen LogP contribution in [0.15, 0.2) is 24.3 Å². The van der Waals surface area contributed by atoms with Crippen LogP contribution in [0.3, 0.4) is 0 Å². The standard InChI is InChI=1S/C15H22N2O3/c1-10(12-4-6-13(16)7-5-12)9-14(18)17-11(2)3-8-15(19)20/h4-7,10-11H,3,8-9,16H2,1-2H3,(H,17,18)(H,19,20). The van der Waals surface area contributed by atoms with E-state index in [1.807, 2.05) is 38.1 Å². The fraction of sp³-hybridized carbons (Fsp3) is 0.467. The molecule has 0 heterocycles. The van der Waals surface area contributed by atoms with Gasteiger partial charge in [-0.1, -0.05) is 19.1 Å². The van der Waals surface area contributed by atoms with Gasteiger partial charge in [-0.15, -0.1) is 0 Å². The van der Waals surface area contributed by atoms with Crippen molar-refractivity contribution in [2.75, 3.05) is 5.73 Å². The maximum atomic E-state index is 11.9. The first-order chi connectivity index (χ1) is 9.38. The molecule has 0 spiro atoms. The summed E-state index contributed by atoms with van der Waals surface area (Å²) in [5, 5.41) is 11.4. The van der Waals surface area contributed by atoms with E-state index in [1.54, 1.807) is 0 Å². The van der Waals surface area contributed by atoms with E-state index in [1.165, 1.54) is 0 Å². The Bertz CT molecular complexity index is 457. The number of hydrogen-bond acceptors (Lipinski definition) is 3. The molecule has 2 atom stereocenters. The van der Waals surface area contributed by atoms with Gasteiger partial charge in [0.05, 0.1) is 0 Å². The van der Waals surface area contributed by atoms with Gasteiger partial charge < -0.3 is 16.2 Å². The molecule has 0 aliphatic rings. The summed E-state index contributed by atoms with van der Waals surface area (Å²) in [5.74, 6) is -0.809. The molecule has 1 aromatic rings. The highest BCUT2D eigenvalue weighted by molar-refractivity contribution is 5.77. The number of carbonyl (C=O) groups excluding carboxylic acids is 1. The minimum atomic E-state index is -0.846. The van der Waals surface area contributed by atoms with Gasteiger partial charge in [0.25, 0.3) is 0 Å². The van der Waals surface area contributed by atoms with Crippen LogP contribution in [-0.4, -0.2) is 23.0 Å². The predicted molar refractivity (Wildman–Crippen MR) is 78.4 cm³/mol. The Morgan fingerprint density at radius 3 is 2.40 bits per heavy atom. The Balaban J connectivity index is 2.41. The number of nitrogens with two attached hydrogens (primary N) is 1. The third-order valence-corrected chi connectivity index (χ3v) is 3.20. The van der Waals surface area contributed by atoms with Crippen molar-refractivity contribution < 1.29 is 14.7 Å². The molecule has 0 aliphatic carbocycles.